The molecule has 6 heteroatoms. The van der Waals surface area contributed by atoms with Crippen molar-refractivity contribution in [1.29, 1.82) is 0 Å². The summed E-state index contributed by atoms with van der Waals surface area (Å²) in [6, 6.07) is 13.4. The normalized spacial score (nSPS) is 12.4. The Hall–Kier alpha value is -2.34. The second-order valence-corrected chi connectivity index (χ2v) is 7.77. The van der Waals surface area contributed by atoms with E-state index in [0.717, 1.165) is 12.8 Å². The molecule has 0 saturated carbocycles. The lowest BCUT2D eigenvalue weighted by Gasteiger charge is -2.15. The summed E-state index contributed by atoms with van der Waals surface area (Å²) in [5, 5.41) is 2.89. The fourth-order valence-corrected chi connectivity index (χ4v) is 3.89. The van der Waals surface area contributed by atoms with Gasteiger partial charge in [0.1, 0.15) is 0 Å². The summed E-state index contributed by atoms with van der Waals surface area (Å²) in [6.45, 7) is 5.69. The molecule has 5 nitrogen and oxygen atoms in total. The molecule has 2 N–H and O–H groups in total. The van der Waals surface area contributed by atoms with Crippen molar-refractivity contribution in [2.45, 2.75) is 44.6 Å². The van der Waals surface area contributed by atoms with Gasteiger partial charge in [0.05, 0.1) is 4.90 Å². The van der Waals surface area contributed by atoms with Gasteiger partial charge in [0.15, 0.2) is 0 Å². The number of benzene rings is 2. The van der Waals surface area contributed by atoms with E-state index in [1.165, 1.54) is 6.07 Å². The Labute approximate surface area is 149 Å². The second kappa shape index (κ2) is 8.16. The van der Waals surface area contributed by atoms with Gasteiger partial charge in [-0.1, -0.05) is 37.6 Å². The van der Waals surface area contributed by atoms with Gasteiger partial charge in [-0.2, -0.15) is 0 Å². The molecule has 25 heavy (non-hydrogen) atoms. The molecule has 0 heterocycles. The molecule has 2 rings (SSSR count). The van der Waals surface area contributed by atoms with Gasteiger partial charge in [-0.25, -0.2) is 8.42 Å². The highest BCUT2D eigenvalue weighted by atomic mass is 32.2. The first-order valence-corrected chi connectivity index (χ1v) is 9.81. The Morgan fingerprint density at radius 2 is 1.80 bits per heavy atom. The number of carbonyl (C=O) groups is 1. The largest absolute Gasteiger partial charge is 0.350 e. The summed E-state index contributed by atoms with van der Waals surface area (Å²) >= 11 is 0. The Balaban J connectivity index is 2.27. The number of aryl methyl sites for hydroxylation is 1. The molecule has 0 bridgehead atoms. The average Bonchev–Trinajstić information content (AvgIpc) is 2.55. The van der Waals surface area contributed by atoms with Crippen molar-refractivity contribution in [3.63, 3.8) is 0 Å². The fraction of sp³-hybridized carbons (Fsp3) is 0.316. The zero-order valence-electron chi connectivity index (χ0n) is 14.7. The number of carbonyl (C=O) groups excluding carboxylic acids is 1. The third-order valence-corrected chi connectivity index (χ3v) is 5.39. The van der Waals surface area contributed by atoms with Crippen molar-refractivity contribution in [3.8, 4) is 0 Å². The quantitative estimate of drug-likeness (QED) is 0.790. The van der Waals surface area contributed by atoms with Crippen LogP contribution >= 0.6 is 0 Å². The molecule has 0 aliphatic carbocycles. The highest BCUT2D eigenvalue weighted by Crippen LogP contribution is 2.21. The zero-order chi connectivity index (χ0) is 18.4. The van der Waals surface area contributed by atoms with E-state index in [1.54, 1.807) is 43.3 Å². The van der Waals surface area contributed by atoms with Gasteiger partial charge >= 0.3 is 0 Å². The second-order valence-electron chi connectivity index (χ2n) is 6.11. The van der Waals surface area contributed by atoms with E-state index in [0.29, 0.717) is 16.8 Å². The Kier molecular flexibility index (Phi) is 6.20. The standard InChI is InChI=1S/C19H24N2O3S/c1-4-8-15(3)20-19(22)16-12-11-14(2)18(13-16)25(23,24)21-17-9-6-5-7-10-17/h5-7,9-13,15,21H,4,8H2,1-3H3,(H,20,22)/t15-/m1/s1. The predicted molar refractivity (Wildman–Crippen MR) is 100 cm³/mol. The van der Waals surface area contributed by atoms with Crippen molar-refractivity contribution in [2.24, 2.45) is 0 Å². The summed E-state index contributed by atoms with van der Waals surface area (Å²) in [5.74, 6) is -0.267. The van der Waals surface area contributed by atoms with Gasteiger partial charge in [0.25, 0.3) is 15.9 Å². The number of amides is 1. The number of hydrogen-bond donors (Lipinski definition) is 2. The van der Waals surface area contributed by atoms with Crippen LogP contribution in [0.15, 0.2) is 53.4 Å². The molecular weight excluding hydrogens is 336 g/mol. The summed E-state index contributed by atoms with van der Waals surface area (Å²) in [4.78, 5) is 12.5. The maximum Gasteiger partial charge on any atom is 0.262 e. The van der Waals surface area contributed by atoms with Crippen LogP contribution in [0.3, 0.4) is 0 Å². The molecule has 0 aliphatic rings. The molecule has 0 saturated heterocycles. The summed E-state index contributed by atoms with van der Waals surface area (Å²) in [7, 11) is -3.77. The molecule has 0 radical (unpaired) electrons. The van der Waals surface area contributed by atoms with Gasteiger partial charge in [-0.3, -0.25) is 9.52 Å². The minimum absolute atomic E-state index is 0.0429. The Bertz CT molecular complexity index is 833. The summed E-state index contributed by atoms with van der Waals surface area (Å²) in [5.41, 5.74) is 1.40. The van der Waals surface area contributed by atoms with E-state index >= 15 is 0 Å². The van der Waals surface area contributed by atoms with Crippen molar-refractivity contribution >= 4 is 21.6 Å². The monoisotopic (exact) mass is 360 g/mol. The predicted octanol–water partition coefficient (Wildman–Crippen LogP) is 3.71. The maximum atomic E-state index is 12.7. The lowest BCUT2D eigenvalue weighted by atomic mass is 10.1. The lowest BCUT2D eigenvalue weighted by molar-refractivity contribution is 0.0938. The molecule has 0 spiro atoms. The molecule has 134 valence electrons. The van der Waals surface area contributed by atoms with E-state index in [4.69, 9.17) is 0 Å². The smallest absolute Gasteiger partial charge is 0.262 e. The minimum atomic E-state index is -3.77. The number of sulfonamides is 1. The van der Waals surface area contributed by atoms with Gasteiger partial charge in [0, 0.05) is 17.3 Å². The van der Waals surface area contributed by atoms with E-state index in [9.17, 15) is 13.2 Å². The van der Waals surface area contributed by atoms with Crippen LogP contribution < -0.4 is 10.0 Å². The van der Waals surface area contributed by atoms with Crippen LogP contribution in [0.4, 0.5) is 5.69 Å². The highest BCUT2D eigenvalue weighted by Gasteiger charge is 2.19. The topological polar surface area (TPSA) is 75.3 Å². The number of rotatable bonds is 7. The first-order chi connectivity index (χ1) is 11.8. The SMILES string of the molecule is CCC[C@@H](C)NC(=O)c1ccc(C)c(S(=O)(=O)Nc2ccccc2)c1. The van der Waals surface area contributed by atoms with Crippen LogP contribution in [-0.4, -0.2) is 20.4 Å². The minimum Gasteiger partial charge on any atom is -0.350 e. The first kappa shape index (κ1) is 19.0. The van der Waals surface area contributed by atoms with Crippen LogP contribution in [-0.2, 0) is 10.0 Å². The van der Waals surface area contributed by atoms with Gasteiger partial charge in [-0.05, 0) is 50.1 Å². The van der Waals surface area contributed by atoms with Gasteiger partial charge < -0.3 is 5.32 Å². The third kappa shape index (κ3) is 5.06. The number of hydrogen-bond acceptors (Lipinski definition) is 3. The molecule has 0 unspecified atom stereocenters. The number of anilines is 1. The van der Waals surface area contributed by atoms with Crippen LogP contribution in [0.2, 0.25) is 0 Å². The third-order valence-electron chi connectivity index (χ3n) is 3.87. The van der Waals surface area contributed by atoms with Crippen molar-refractivity contribution in [3.05, 3.63) is 59.7 Å². The molecular formula is C19H24N2O3S. The molecule has 0 aromatic heterocycles. The highest BCUT2D eigenvalue weighted by molar-refractivity contribution is 7.92. The molecule has 2 aromatic carbocycles. The molecule has 0 aliphatic heterocycles. The maximum absolute atomic E-state index is 12.7. The van der Waals surface area contributed by atoms with Crippen LogP contribution in [0.25, 0.3) is 0 Å². The van der Waals surface area contributed by atoms with Crippen LogP contribution in [0.5, 0.6) is 0 Å². The molecule has 0 fully saturated rings. The van der Waals surface area contributed by atoms with Crippen LogP contribution in [0.1, 0.15) is 42.6 Å². The fourth-order valence-electron chi connectivity index (χ4n) is 2.56. The average molecular weight is 360 g/mol. The van der Waals surface area contributed by atoms with Gasteiger partial charge in [0.2, 0.25) is 0 Å². The first-order valence-electron chi connectivity index (χ1n) is 8.33. The van der Waals surface area contributed by atoms with E-state index in [2.05, 4.69) is 17.0 Å². The molecule has 1 atom stereocenters. The number of nitrogens with one attached hydrogen (secondary N) is 2. The van der Waals surface area contributed by atoms with Crippen molar-refractivity contribution in [2.75, 3.05) is 4.72 Å². The summed E-state index contributed by atoms with van der Waals surface area (Å²) in [6.07, 6.45) is 1.84. The van der Waals surface area contributed by atoms with Crippen molar-refractivity contribution in [1.82, 2.24) is 5.32 Å². The van der Waals surface area contributed by atoms with Crippen molar-refractivity contribution < 1.29 is 13.2 Å². The van der Waals surface area contributed by atoms with Crippen LogP contribution in [0, 0.1) is 6.92 Å². The Morgan fingerprint density at radius 1 is 1.12 bits per heavy atom. The molecule has 2 aromatic rings. The lowest BCUT2D eigenvalue weighted by Crippen LogP contribution is -2.32. The van der Waals surface area contributed by atoms with E-state index in [1.807, 2.05) is 13.0 Å². The van der Waals surface area contributed by atoms with E-state index in [-0.39, 0.29) is 16.8 Å². The zero-order valence-corrected chi connectivity index (χ0v) is 15.6. The summed E-state index contributed by atoms with van der Waals surface area (Å²) < 4.78 is 27.9. The number of para-hydroxylation sites is 1. The Morgan fingerprint density at radius 3 is 2.44 bits per heavy atom. The molecule has 1 amide bonds. The van der Waals surface area contributed by atoms with Gasteiger partial charge in [-0.15, -0.1) is 0 Å². The van der Waals surface area contributed by atoms with E-state index < -0.39 is 10.0 Å².